The molecule has 0 aromatic carbocycles. The zero-order valence-corrected chi connectivity index (χ0v) is 7.35. The SMILES string of the molecule is COC(=O)C1=C(C)C(=O)CCC1. The summed E-state index contributed by atoms with van der Waals surface area (Å²) in [6, 6.07) is 0. The van der Waals surface area contributed by atoms with E-state index in [1.54, 1.807) is 6.92 Å². The van der Waals surface area contributed by atoms with Crippen LogP contribution in [-0.4, -0.2) is 18.9 Å². The number of hydrogen-bond donors (Lipinski definition) is 0. The molecule has 0 aromatic rings. The molecule has 3 heteroatoms. The minimum Gasteiger partial charge on any atom is -0.466 e. The maximum absolute atomic E-state index is 11.2. The van der Waals surface area contributed by atoms with Crippen molar-refractivity contribution in [3.8, 4) is 0 Å². The monoisotopic (exact) mass is 168 g/mol. The highest BCUT2D eigenvalue weighted by Gasteiger charge is 2.21. The van der Waals surface area contributed by atoms with Crippen molar-refractivity contribution in [3.63, 3.8) is 0 Å². The van der Waals surface area contributed by atoms with Gasteiger partial charge in [0.25, 0.3) is 0 Å². The molecule has 0 amide bonds. The van der Waals surface area contributed by atoms with Crippen molar-refractivity contribution in [3.05, 3.63) is 11.1 Å². The van der Waals surface area contributed by atoms with Gasteiger partial charge in [0.05, 0.1) is 7.11 Å². The van der Waals surface area contributed by atoms with Gasteiger partial charge >= 0.3 is 5.97 Å². The number of rotatable bonds is 1. The van der Waals surface area contributed by atoms with Crippen molar-refractivity contribution >= 4 is 11.8 Å². The van der Waals surface area contributed by atoms with E-state index in [0.717, 1.165) is 6.42 Å². The zero-order valence-electron chi connectivity index (χ0n) is 7.35. The average molecular weight is 168 g/mol. The highest BCUT2D eigenvalue weighted by atomic mass is 16.5. The molecule has 0 aliphatic heterocycles. The number of Topliss-reactive ketones (excluding diaryl/α,β-unsaturated/α-hetero) is 1. The summed E-state index contributed by atoms with van der Waals surface area (Å²) in [5.41, 5.74) is 1.13. The highest BCUT2D eigenvalue weighted by molar-refractivity contribution is 6.04. The van der Waals surface area contributed by atoms with Crippen molar-refractivity contribution in [1.29, 1.82) is 0 Å². The first kappa shape index (κ1) is 8.97. The molecular weight excluding hydrogens is 156 g/mol. The Morgan fingerprint density at radius 2 is 2.08 bits per heavy atom. The molecule has 0 saturated heterocycles. The Kier molecular flexibility index (Phi) is 2.63. The van der Waals surface area contributed by atoms with Crippen LogP contribution in [0.3, 0.4) is 0 Å². The van der Waals surface area contributed by atoms with E-state index in [2.05, 4.69) is 4.74 Å². The molecular formula is C9H12O3. The van der Waals surface area contributed by atoms with Crippen LogP contribution in [0.4, 0.5) is 0 Å². The van der Waals surface area contributed by atoms with E-state index in [-0.39, 0.29) is 11.8 Å². The lowest BCUT2D eigenvalue weighted by atomic mass is 9.92. The molecule has 0 N–H and O–H groups in total. The van der Waals surface area contributed by atoms with E-state index in [4.69, 9.17) is 0 Å². The standard InChI is InChI=1S/C9H12O3/c1-6-7(9(11)12-2)4-3-5-8(6)10/h3-5H2,1-2H3. The lowest BCUT2D eigenvalue weighted by Gasteiger charge is -2.14. The maximum atomic E-state index is 11.2. The molecule has 0 radical (unpaired) electrons. The summed E-state index contributed by atoms with van der Waals surface area (Å²) in [5.74, 6) is -0.290. The Morgan fingerprint density at radius 1 is 1.42 bits per heavy atom. The summed E-state index contributed by atoms with van der Waals surface area (Å²) < 4.78 is 4.56. The molecule has 0 unspecified atom stereocenters. The first-order valence-corrected chi connectivity index (χ1v) is 3.98. The fourth-order valence-electron chi connectivity index (χ4n) is 1.35. The third kappa shape index (κ3) is 1.55. The van der Waals surface area contributed by atoms with Crippen molar-refractivity contribution < 1.29 is 14.3 Å². The van der Waals surface area contributed by atoms with Crippen LogP contribution in [-0.2, 0) is 14.3 Å². The molecule has 0 bridgehead atoms. The Morgan fingerprint density at radius 3 is 2.67 bits per heavy atom. The molecule has 1 rings (SSSR count). The summed E-state index contributed by atoms with van der Waals surface area (Å²) >= 11 is 0. The molecule has 0 saturated carbocycles. The van der Waals surface area contributed by atoms with E-state index in [1.807, 2.05) is 0 Å². The molecule has 0 atom stereocenters. The Bertz CT molecular complexity index is 250. The molecule has 0 aromatic heterocycles. The van der Waals surface area contributed by atoms with Crippen LogP contribution in [0, 0.1) is 0 Å². The fourth-order valence-corrected chi connectivity index (χ4v) is 1.35. The summed E-state index contributed by atoms with van der Waals surface area (Å²) in [7, 11) is 1.34. The Labute approximate surface area is 71.4 Å². The van der Waals surface area contributed by atoms with Crippen molar-refractivity contribution in [2.45, 2.75) is 26.2 Å². The lowest BCUT2D eigenvalue weighted by Crippen LogP contribution is -2.16. The van der Waals surface area contributed by atoms with Crippen LogP contribution in [0.5, 0.6) is 0 Å². The fraction of sp³-hybridized carbons (Fsp3) is 0.556. The third-order valence-electron chi connectivity index (χ3n) is 2.13. The molecule has 0 spiro atoms. The van der Waals surface area contributed by atoms with Gasteiger partial charge in [0, 0.05) is 17.6 Å². The summed E-state index contributed by atoms with van der Waals surface area (Å²) in [4.78, 5) is 22.2. The van der Waals surface area contributed by atoms with E-state index >= 15 is 0 Å². The number of esters is 1. The van der Waals surface area contributed by atoms with E-state index in [1.165, 1.54) is 7.11 Å². The molecule has 12 heavy (non-hydrogen) atoms. The number of hydrogen-bond acceptors (Lipinski definition) is 3. The number of carbonyl (C=O) groups is 2. The van der Waals surface area contributed by atoms with Gasteiger partial charge in [-0.3, -0.25) is 4.79 Å². The predicted molar refractivity (Wildman–Crippen MR) is 43.6 cm³/mol. The van der Waals surface area contributed by atoms with Crippen LogP contribution in [0.1, 0.15) is 26.2 Å². The summed E-state index contributed by atoms with van der Waals surface area (Å²) in [5, 5.41) is 0. The molecule has 0 heterocycles. The van der Waals surface area contributed by atoms with Gasteiger partial charge < -0.3 is 4.74 Å². The van der Waals surface area contributed by atoms with Crippen LogP contribution < -0.4 is 0 Å². The van der Waals surface area contributed by atoms with Gasteiger partial charge in [-0.1, -0.05) is 0 Å². The Hall–Kier alpha value is -1.12. The number of carbonyl (C=O) groups excluding carboxylic acids is 2. The minimum absolute atomic E-state index is 0.0710. The van der Waals surface area contributed by atoms with Crippen LogP contribution >= 0.6 is 0 Å². The minimum atomic E-state index is -0.361. The van der Waals surface area contributed by atoms with Gasteiger partial charge in [-0.25, -0.2) is 4.79 Å². The van der Waals surface area contributed by atoms with Crippen molar-refractivity contribution in [1.82, 2.24) is 0 Å². The van der Waals surface area contributed by atoms with Gasteiger partial charge in [0.2, 0.25) is 0 Å². The molecule has 1 aliphatic rings. The van der Waals surface area contributed by atoms with Crippen molar-refractivity contribution in [2.24, 2.45) is 0 Å². The van der Waals surface area contributed by atoms with Gasteiger partial charge in [-0.15, -0.1) is 0 Å². The molecule has 3 nitrogen and oxygen atoms in total. The number of allylic oxidation sites excluding steroid dienone is 1. The predicted octanol–water partition coefficient (Wildman–Crippen LogP) is 1.23. The van der Waals surface area contributed by atoms with Gasteiger partial charge in [0.15, 0.2) is 5.78 Å². The topological polar surface area (TPSA) is 43.4 Å². The van der Waals surface area contributed by atoms with E-state index in [0.29, 0.717) is 24.0 Å². The first-order chi connectivity index (χ1) is 5.66. The third-order valence-corrected chi connectivity index (χ3v) is 2.13. The normalized spacial score (nSPS) is 18.0. The molecule has 0 fully saturated rings. The second kappa shape index (κ2) is 3.52. The van der Waals surface area contributed by atoms with Gasteiger partial charge in [-0.05, 0) is 19.8 Å². The van der Waals surface area contributed by atoms with E-state index < -0.39 is 0 Å². The van der Waals surface area contributed by atoms with Crippen LogP contribution in [0.25, 0.3) is 0 Å². The van der Waals surface area contributed by atoms with Gasteiger partial charge in [0.1, 0.15) is 0 Å². The molecule has 66 valence electrons. The quantitative estimate of drug-likeness (QED) is 0.553. The van der Waals surface area contributed by atoms with Gasteiger partial charge in [-0.2, -0.15) is 0 Å². The maximum Gasteiger partial charge on any atom is 0.334 e. The lowest BCUT2D eigenvalue weighted by molar-refractivity contribution is -0.137. The Balaban J connectivity index is 2.92. The average Bonchev–Trinajstić information content (AvgIpc) is 2.08. The first-order valence-electron chi connectivity index (χ1n) is 3.98. The summed E-state index contributed by atoms with van der Waals surface area (Å²) in [6.07, 6.45) is 2.00. The summed E-state index contributed by atoms with van der Waals surface area (Å²) in [6.45, 7) is 1.69. The highest BCUT2D eigenvalue weighted by Crippen LogP contribution is 2.22. The number of ketones is 1. The second-order valence-corrected chi connectivity index (χ2v) is 2.87. The van der Waals surface area contributed by atoms with Crippen molar-refractivity contribution in [2.75, 3.05) is 7.11 Å². The number of ether oxygens (including phenoxy) is 1. The van der Waals surface area contributed by atoms with Crippen LogP contribution in [0.2, 0.25) is 0 Å². The second-order valence-electron chi connectivity index (χ2n) is 2.87. The van der Waals surface area contributed by atoms with Crippen LogP contribution in [0.15, 0.2) is 11.1 Å². The zero-order chi connectivity index (χ0) is 9.14. The van der Waals surface area contributed by atoms with E-state index in [9.17, 15) is 9.59 Å². The molecule has 1 aliphatic carbocycles. The number of methoxy groups -OCH3 is 1. The smallest absolute Gasteiger partial charge is 0.334 e. The largest absolute Gasteiger partial charge is 0.466 e.